The Morgan fingerprint density at radius 1 is 1.26 bits per heavy atom. The van der Waals surface area contributed by atoms with Crippen LogP contribution in [0.5, 0.6) is 0 Å². The number of hydrogen-bond donors (Lipinski definition) is 1. The van der Waals surface area contributed by atoms with Crippen molar-refractivity contribution in [2.24, 2.45) is 5.41 Å². The smallest absolute Gasteiger partial charge is 0.263 e. The third kappa shape index (κ3) is 4.88. The van der Waals surface area contributed by atoms with Crippen molar-refractivity contribution in [1.29, 1.82) is 0 Å². The maximum atomic E-state index is 12.5. The molecule has 0 saturated carbocycles. The molecule has 124 valence electrons. The number of nitrogens with one attached hydrogen (secondary N) is 1. The molecule has 1 aromatic heterocycles. The van der Waals surface area contributed by atoms with Crippen molar-refractivity contribution in [1.82, 2.24) is 15.2 Å². The van der Waals surface area contributed by atoms with Crippen molar-refractivity contribution in [3.05, 3.63) is 40.9 Å². The number of aromatic nitrogens is 1. The average molecular weight is 331 g/mol. The summed E-state index contributed by atoms with van der Waals surface area (Å²) in [5, 5.41) is 3.94. The molecule has 1 heterocycles. The zero-order valence-electron chi connectivity index (χ0n) is 14.5. The van der Waals surface area contributed by atoms with Crippen molar-refractivity contribution < 1.29 is 4.79 Å². The lowest BCUT2D eigenvalue weighted by Crippen LogP contribution is -2.39. The van der Waals surface area contributed by atoms with Crippen LogP contribution in [-0.2, 0) is 0 Å². The van der Waals surface area contributed by atoms with Crippen LogP contribution in [0.3, 0.4) is 0 Å². The second-order valence-corrected chi connectivity index (χ2v) is 7.88. The number of rotatable bonds is 6. The van der Waals surface area contributed by atoms with Gasteiger partial charge in [-0.1, -0.05) is 44.2 Å². The van der Waals surface area contributed by atoms with Crippen LogP contribution in [0.4, 0.5) is 0 Å². The molecule has 23 heavy (non-hydrogen) atoms. The molecule has 0 spiro atoms. The van der Waals surface area contributed by atoms with Gasteiger partial charge < -0.3 is 10.2 Å². The third-order valence-electron chi connectivity index (χ3n) is 3.50. The quantitative estimate of drug-likeness (QED) is 0.882. The Bertz CT molecular complexity index is 662. The predicted molar refractivity (Wildman–Crippen MR) is 97.0 cm³/mol. The number of carbonyl (C=O) groups is 1. The van der Waals surface area contributed by atoms with Crippen molar-refractivity contribution in [3.63, 3.8) is 0 Å². The molecule has 0 fully saturated rings. The van der Waals surface area contributed by atoms with Crippen LogP contribution in [-0.4, -0.2) is 43.0 Å². The monoisotopic (exact) mass is 331 g/mol. The second-order valence-electron chi connectivity index (χ2n) is 6.88. The van der Waals surface area contributed by atoms with Gasteiger partial charge in [0.15, 0.2) is 0 Å². The molecule has 4 nitrogen and oxygen atoms in total. The maximum Gasteiger partial charge on any atom is 0.263 e. The number of benzene rings is 1. The summed E-state index contributed by atoms with van der Waals surface area (Å²) in [6, 6.07) is 9.97. The van der Waals surface area contributed by atoms with E-state index < -0.39 is 0 Å². The fourth-order valence-electron chi connectivity index (χ4n) is 2.62. The minimum Gasteiger partial charge on any atom is -0.351 e. The molecule has 0 radical (unpaired) electrons. The number of thiazole rings is 1. The van der Waals surface area contributed by atoms with Gasteiger partial charge in [-0.3, -0.25) is 4.79 Å². The van der Waals surface area contributed by atoms with E-state index in [9.17, 15) is 4.79 Å². The van der Waals surface area contributed by atoms with Gasteiger partial charge in [0, 0.05) is 18.7 Å². The van der Waals surface area contributed by atoms with E-state index in [1.807, 2.05) is 51.4 Å². The van der Waals surface area contributed by atoms with E-state index in [1.54, 1.807) is 0 Å². The van der Waals surface area contributed by atoms with Crippen LogP contribution in [0.15, 0.2) is 30.3 Å². The zero-order chi connectivity index (χ0) is 17.0. The summed E-state index contributed by atoms with van der Waals surface area (Å²) in [5.41, 5.74) is 1.87. The molecule has 0 saturated heterocycles. The van der Waals surface area contributed by atoms with Gasteiger partial charge in [-0.25, -0.2) is 4.98 Å². The third-order valence-corrected chi connectivity index (χ3v) is 4.70. The summed E-state index contributed by atoms with van der Waals surface area (Å²) in [6.07, 6.45) is 0. The van der Waals surface area contributed by atoms with Gasteiger partial charge in [-0.05, 0) is 26.4 Å². The van der Waals surface area contributed by atoms with Gasteiger partial charge >= 0.3 is 0 Å². The topological polar surface area (TPSA) is 45.2 Å². The molecule has 5 heteroatoms. The lowest BCUT2D eigenvalue weighted by Gasteiger charge is -2.28. The van der Waals surface area contributed by atoms with Crippen molar-refractivity contribution in [2.75, 3.05) is 27.2 Å². The highest BCUT2D eigenvalue weighted by molar-refractivity contribution is 7.17. The van der Waals surface area contributed by atoms with E-state index in [0.717, 1.165) is 22.8 Å². The summed E-state index contributed by atoms with van der Waals surface area (Å²) >= 11 is 1.45. The van der Waals surface area contributed by atoms with Crippen molar-refractivity contribution in [2.45, 2.75) is 20.8 Å². The first-order valence-corrected chi connectivity index (χ1v) is 8.56. The Morgan fingerprint density at radius 2 is 1.91 bits per heavy atom. The van der Waals surface area contributed by atoms with Gasteiger partial charge in [0.05, 0.1) is 5.69 Å². The highest BCUT2D eigenvalue weighted by Gasteiger charge is 2.22. The van der Waals surface area contributed by atoms with Crippen LogP contribution in [0.25, 0.3) is 10.6 Å². The zero-order valence-corrected chi connectivity index (χ0v) is 15.3. The Kier molecular flexibility index (Phi) is 5.55. The number of aryl methyl sites for hydroxylation is 1. The number of carbonyl (C=O) groups excluding carboxylic acids is 1. The van der Waals surface area contributed by atoms with Crippen LogP contribution in [0.2, 0.25) is 0 Å². The molecular formula is C18H25N3OS. The molecular weight excluding hydrogens is 306 g/mol. The minimum absolute atomic E-state index is 0.0278. The highest BCUT2D eigenvalue weighted by Crippen LogP contribution is 2.27. The minimum atomic E-state index is -0.0333. The SMILES string of the molecule is Cc1nc(-c2ccccc2)sc1C(=O)NCC(C)(C)CN(C)C. The summed E-state index contributed by atoms with van der Waals surface area (Å²) in [6.45, 7) is 7.76. The van der Waals surface area contributed by atoms with E-state index in [4.69, 9.17) is 0 Å². The van der Waals surface area contributed by atoms with Gasteiger partial charge in [-0.2, -0.15) is 0 Å². The van der Waals surface area contributed by atoms with Crippen LogP contribution >= 0.6 is 11.3 Å². The molecule has 0 aliphatic heterocycles. The lowest BCUT2D eigenvalue weighted by atomic mass is 9.93. The van der Waals surface area contributed by atoms with Gasteiger partial charge in [0.2, 0.25) is 0 Å². The van der Waals surface area contributed by atoms with E-state index in [-0.39, 0.29) is 11.3 Å². The normalized spacial score (nSPS) is 11.7. The fraction of sp³-hybridized carbons (Fsp3) is 0.444. The van der Waals surface area contributed by atoms with E-state index in [0.29, 0.717) is 11.4 Å². The van der Waals surface area contributed by atoms with Crippen LogP contribution in [0.1, 0.15) is 29.2 Å². The first-order chi connectivity index (χ1) is 10.8. The molecule has 0 aliphatic rings. The predicted octanol–water partition coefficient (Wildman–Crippen LogP) is 3.44. The Labute approximate surface area is 142 Å². The molecule has 1 N–H and O–H groups in total. The number of hydrogen-bond acceptors (Lipinski definition) is 4. The summed E-state index contributed by atoms with van der Waals surface area (Å²) in [5.74, 6) is -0.0333. The highest BCUT2D eigenvalue weighted by atomic mass is 32.1. The number of amides is 1. The largest absolute Gasteiger partial charge is 0.351 e. The van der Waals surface area contributed by atoms with Crippen molar-refractivity contribution in [3.8, 4) is 10.6 Å². The fourth-order valence-corrected chi connectivity index (χ4v) is 3.61. The maximum absolute atomic E-state index is 12.5. The van der Waals surface area contributed by atoms with E-state index >= 15 is 0 Å². The van der Waals surface area contributed by atoms with Gasteiger partial charge in [0.1, 0.15) is 9.88 Å². The lowest BCUT2D eigenvalue weighted by molar-refractivity contribution is 0.0932. The summed E-state index contributed by atoms with van der Waals surface area (Å²) in [7, 11) is 4.09. The molecule has 0 bridgehead atoms. The second kappa shape index (κ2) is 7.23. The first kappa shape index (κ1) is 17.6. The average Bonchev–Trinajstić information content (AvgIpc) is 2.87. The molecule has 0 aliphatic carbocycles. The Morgan fingerprint density at radius 3 is 2.52 bits per heavy atom. The van der Waals surface area contributed by atoms with Crippen LogP contribution < -0.4 is 5.32 Å². The van der Waals surface area contributed by atoms with Gasteiger partial charge in [-0.15, -0.1) is 11.3 Å². The molecule has 2 rings (SSSR count). The molecule has 0 atom stereocenters. The summed E-state index contributed by atoms with van der Waals surface area (Å²) in [4.78, 5) is 19.9. The number of nitrogens with zero attached hydrogens (tertiary/aromatic N) is 2. The molecule has 2 aromatic rings. The molecule has 1 amide bonds. The van der Waals surface area contributed by atoms with E-state index in [1.165, 1.54) is 11.3 Å². The van der Waals surface area contributed by atoms with E-state index in [2.05, 4.69) is 29.0 Å². The van der Waals surface area contributed by atoms with Crippen LogP contribution in [0, 0.1) is 12.3 Å². The standard InChI is InChI=1S/C18H25N3OS/c1-13-15(16(22)19-11-18(2,3)12-21(4)5)23-17(20-13)14-9-7-6-8-10-14/h6-10H,11-12H2,1-5H3,(H,19,22). The Balaban J connectivity index is 2.07. The summed E-state index contributed by atoms with van der Waals surface area (Å²) < 4.78 is 0. The first-order valence-electron chi connectivity index (χ1n) is 7.74. The molecule has 1 aromatic carbocycles. The van der Waals surface area contributed by atoms with Gasteiger partial charge in [0.25, 0.3) is 5.91 Å². The molecule has 0 unspecified atom stereocenters. The Hall–Kier alpha value is -1.72. The van der Waals surface area contributed by atoms with Crippen molar-refractivity contribution >= 4 is 17.2 Å².